The lowest BCUT2D eigenvalue weighted by molar-refractivity contribution is 0.198. The maximum Gasteiger partial charge on any atom is 0.164 e. The summed E-state index contributed by atoms with van der Waals surface area (Å²) in [5.41, 5.74) is 2.01. The standard InChI is InChI=1S/C22H25N3S/c1-16(2)14-25-21(26-15-22(25)11-5-6-12-22)24-20-10-9-17(13-23)18-7-3-4-8-19(18)20/h3-4,7-10,16H,5-6,11-12,14-15H2,1-2H3. The number of fused-ring (bicyclic) bond motifs is 1. The molecule has 0 atom stereocenters. The molecule has 2 fully saturated rings. The van der Waals surface area contributed by atoms with E-state index >= 15 is 0 Å². The second kappa shape index (κ2) is 6.96. The smallest absolute Gasteiger partial charge is 0.164 e. The highest BCUT2D eigenvalue weighted by Gasteiger charge is 2.46. The minimum Gasteiger partial charge on any atom is -0.344 e. The molecule has 1 saturated carbocycles. The minimum absolute atomic E-state index is 0.316. The van der Waals surface area contributed by atoms with Crippen LogP contribution in [0.2, 0.25) is 0 Å². The highest BCUT2D eigenvalue weighted by atomic mass is 32.2. The van der Waals surface area contributed by atoms with Gasteiger partial charge in [-0.05, 0) is 30.9 Å². The van der Waals surface area contributed by atoms with E-state index in [0.29, 0.717) is 11.5 Å². The van der Waals surface area contributed by atoms with Gasteiger partial charge in [-0.2, -0.15) is 5.26 Å². The maximum absolute atomic E-state index is 9.39. The topological polar surface area (TPSA) is 39.4 Å². The third kappa shape index (κ3) is 2.99. The molecule has 0 bridgehead atoms. The Morgan fingerprint density at radius 3 is 2.58 bits per heavy atom. The summed E-state index contributed by atoms with van der Waals surface area (Å²) in [7, 11) is 0. The summed E-state index contributed by atoms with van der Waals surface area (Å²) in [6.07, 6.45) is 5.25. The van der Waals surface area contributed by atoms with Crippen molar-refractivity contribution >= 4 is 33.4 Å². The molecule has 3 nitrogen and oxygen atoms in total. The highest BCUT2D eigenvalue weighted by molar-refractivity contribution is 8.14. The van der Waals surface area contributed by atoms with Crippen LogP contribution in [0.4, 0.5) is 5.69 Å². The van der Waals surface area contributed by atoms with Gasteiger partial charge in [0.2, 0.25) is 0 Å². The van der Waals surface area contributed by atoms with Crippen LogP contribution < -0.4 is 0 Å². The van der Waals surface area contributed by atoms with Crippen molar-refractivity contribution in [3.05, 3.63) is 42.0 Å². The van der Waals surface area contributed by atoms with Crippen LogP contribution >= 0.6 is 11.8 Å². The summed E-state index contributed by atoms with van der Waals surface area (Å²) in [6.45, 7) is 5.65. The average Bonchev–Trinajstić information content (AvgIpc) is 3.25. The van der Waals surface area contributed by atoms with Gasteiger partial charge in [-0.1, -0.05) is 62.7 Å². The minimum atomic E-state index is 0.316. The number of amidine groups is 1. The molecule has 1 spiro atoms. The molecule has 1 heterocycles. The van der Waals surface area contributed by atoms with Crippen LogP contribution in [0.5, 0.6) is 0 Å². The van der Waals surface area contributed by atoms with Gasteiger partial charge in [0.05, 0.1) is 22.9 Å². The first-order chi connectivity index (χ1) is 12.6. The van der Waals surface area contributed by atoms with E-state index in [-0.39, 0.29) is 0 Å². The molecule has 0 radical (unpaired) electrons. The summed E-state index contributed by atoms with van der Waals surface area (Å²) >= 11 is 1.91. The predicted octanol–water partition coefficient (Wildman–Crippen LogP) is 5.72. The Bertz CT molecular complexity index is 888. The summed E-state index contributed by atoms with van der Waals surface area (Å²) in [6, 6.07) is 14.3. The number of nitrogens with zero attached hydrogens (tertiary/aromatic N) is 3. The average molecular weight is 364 g/mol. The van der Waals surface area contributed by atoms with E-state index in [1.54, 1.807) is 0 Å². The fourth-order valence-corrected chi connectivity index (χ4v) is 5.74. The van der Waals surface area contributed by atoms with Gasteiger partial charge in [-0.3, -0.25) is 0 Å². The van der Waals surface area contributed by atoms with Gasteiger partial charge in [0, 0.05) is 23.1 Å². The number of thioether (sulfide) groups is 1. The van der Waals surface area contributed by atoms with Crippen LogP contribution in [0.3, 0.4) is 0 Å². The second-order valence-corrected chi connectivity index (χ2v) is 8.85. The number of hydrogen-bond donors (Lipinski definition) is 0. The molecule has 0 amide bonds. The Balaban J connectivity index is 1.78. The van der Waals surface area contributed by atoms with Crippen molar-refractivity contribution in [3.63, 3.8) is 0 Å². The zero-order valence-corrected chi connectivity index (χ0v) is 16.4. The van der Waals surface area contributed by atoms with Gasteiger partial charge in [0.15, 0.2) is 5.17 Å². The van der Waals surface area contributed by atoms with Crippen LogP contribution in [0, 0.1) is 17.2 Å². The molecule has 0 unspecified atom stereocenters. The second-order valence-electron chi connectivity index (χ2n) is 7.91. The monoisotopic (exact) mass is 363 g/mol. The van der Waals surface area contributed by atoms with Crippen LogP contribution in [-0.4, -0.2) is 27.9 Å². The third-order valence-corrected chi connectivity index (χ3v) is 6.84. The van der Waals surface area contributed by atoms with E-state index < -0.39 is 0 Å². The number of benzene rings is 2. The van der Waals surface area contributed by atoms with Crippen LogP contribution in [0.1, 0.15) is 45.1 Å². The van der Waals surface area contributed by atoms with Crippen LogP contribution in [-0.2, 0) is 0 Å². The zero-order chi connectivity index (χ0) is 18.1. The van der Waals surface area contributed by atoms with Crippen LogP contribution in [0.25, 0.3) is 10.8 Å². The number of rotatable bonds is 3. The maximum atomic E-state index is 9.39. The van der Waals surface area contributed by atoms with Gasteiger partial charge in [-0.15, -0.1) is 0 Å². The van der Waals surface area contributed by atoms with Crippen molar-refractivity contribution in [2.45, 2.75) is 45.1 Å². The van der Waals surface area contributed by atoms with Crippen molar-refractivity contribution in [2.24, 2.45) is 10.9 Å². The van der Waals surface area contributed by atoms with Crippen molar-refractivity contribution in [2.75, 3.05) is 12.3 Å². The first-order valence-corrected chi connectivity index (χ1v) is 10.5. The lowest BCUT2D eigenvalue weighted by Gasteiger charge is -2.37. The molecule has 134 valence electrons. The molecule has 2 aromatic carbocycles. The Labute approximate surface area is 160 Å². The molecule has 4 rings (SSSR count). The number of nitriles is 1. The lowest BCUT2D eigenvalue weighted by atomic mass is 9.97. The van der Waals surface area contributed by atoms with E-state index in [4.69, 9.17) is 4.99 Å². The molecule has 2 aliphatic rings. The van der Waals surface area contributed by atoms with E-state index in [9.17, 15) is 5.26 Å². The Morgan fingerprint density at radius 1 is 1.15 bits per heavy atom. The van der Waals surface area contributed by atoms with Gasteiger partial charge in [-0.25, -0.2) is 4.99 Å². The van der Waals surface area contributed by atoms with E-state index in [0.717, 1.165) is 39.5 Å². The largest absolute Gasteiger partial charge is 0.344 e. The number of hydrogen-bond acceptors (Lipinski definition) is 3. The first kappa shape index (κ1) is 17.4. The molecule has 1 saturated heterocycles. The normalized spacial score (nSPS) is 20.5. The van der Waals surface area contributed by atoms with Gasteiger partial charge in [0.1, 0.15) is 0 Å². The fraction of sp³-hybridized carbons (Fsp3) is 0.455. The summed E-state index contributed by atoms with van der Waals surface area (Å²) in [4.78, 5) is 7.71. The summed E-state index contributed by atoms with van der Waals surface area (Å²) in [5.74, 6) is 1.78. The summed E-state index contributed by atoms with van der Waals surface area (Å²) < 4.78 is 0. The molecule has 4 heteroatoms. The third-order valence-electron chi connectivity index (χ3n) is 5.59. The molecule has 1 aliphatic carbocycles. The SMILES string of the molecule is CC(C)CN1C(=Nc2ccc(C#N)c3ccccc23)SCC12CCCC2. The van der Waals surface area contributed by atoms with Crippen molar-refractivity contribution in [1.82, 2.24) is 4.90 Å². The van der Waals surface area contributed by atoms with Gasteiger partial charge >= 0.3 is 0 Å². The number of aliphatic imine (C=N–C) groups is 1. The quantitative estimate of drug-likeness (QED) is 0.700. The molecule has 26 heavy (non-hydrogen) atoms. The van der Waals surface area contributed by atoms with E-state index in [1.807, 2.05) is 42.1 Å². The molecule has 0 N–H and O–H groups in total. The molecular weight excluding hydrogens is 338 g/mol. The zero-order valence-electron chi connectivity index (χ0n) is 15.5. The van der Waals surface area contributed by atoms with Crippen LogP contribution in [0.15, 0.2) is 41.4 Å². The summed E-state index contributed by atoms with van der Waals surface area (Å²) in [5, 5.41) is 12.6. The van der Waals surface area contributed by atoms with Gasteiger partial charge < -0.3 is 4.90 Å². The molecule has 1 aliphatic heterocycles. The fourth-order valence-electron chi connectivity index (χ4n) is 4.32. The molecule has 0 aromatic heterocycles. The highest BCUT2D eigenvalue weighted by Crippen LogP contribution is 2.45. The molecule has 2 aromatic rings. The Kier molecular flexibility index (Phi) is 4.67. The van der Waals surface area contributed by atoms with Crippen molar-refractivity contribution in [1.29, 1.82) is 5.26 Å². The van der Waals surface area contributed by atoms with E-state index in [1.165, 1.54) is 25.7 Å². The Hall–Kier alpha value is -1.99. The van der Waals surface area contributed by atoms with E-state index in [2.05, 4.69) is 30.9 Å². The predicted molar refractivity (Wildman–Crippen MR) is 111 cm³/mol. The lowest BCUT2D eigenvalue weighted by Crippen LogP contribution is -2.46. The van der Waals surface area contributed by atoms with Crippen molar-refractivity contribution in [3.8, 4) is 6.07 Å². The Morgan fingerprint density at radius 2 is 1.88 bits per heavy atom. The molecular formula is C22H25N3S. The first-order valence-electron chi connectivity index (χ1n) is 9.54. The van der Waals surface area contributed by atoms with Gasteiger partial charge in [0.25, 0.3) is 0 Å². The van der Waals surface area contributed by atoms with Crippen molar-refractivity contribution < 1.29 is 0 Å².